The molecular weight excluding hydrogens is 250 g/mol. The molecule has 0 fully saturated rings. The third kappa shape index (κ3) is 2.73. The van der Waals surface area contributed by atoms with Crippen molar-refractivity contribution in [1.29, 1.82) is 0 Å². The minimum absolute atomic E-state index is 0.0662. The second-order valence-electron chi connectivity index (χ2n) is 3.84. The third-order valence-corrected chi connectivity index (χ3v) is 2.79. The van der Waals surface area contributed by atoms with Gasteiger partial charge in [-0.15, -0.1) is 11.6 Å². The van der Waals surface area contributed by atoms with Gasteiger partial charge in [0.15, 0.2) is 0 Å². The summed E-state index contributed by atoms with van der Waals surface area (Å²) in [7, 11) is 1.36. The van der Waals surface area contributed by atoms with Crippen LogP contribution in [0, 0.1) is 16.0 Å². The first kappa shape index (κ1) is 13.4. The molecule has 0 bridgehead atoms. The highest BCUT2D eigenvalue weighted by Gasteiger charge is 2.19. The summed E-state index contributed by atoms with van der Waals surface area (Å²) in [6.07, 6.45) is 0.923. The van der Waals surface area contributed by atoms with Crippen molar-refractivity contribution < 1.29 is 4.92 Å². The van der Waals surface area contributed by atoms with Gasteiger partial charge < -0.3 is 0 Å². The van der Waals surface area contributed by atoms with E-state index in [9.17, 15) is 19.7 Å². The van der Waals surface area contributed by atoms with Gasteiger partial charge in [0.25, 0.3) is 0 Å². The molecule has 0 amide bonds. The average molecular weight is 262 g/mol. The van der Waals surface area contributed by atoms with Crippen molar-refractivity contribution in [2.45, 2.75) is 13.5 Å². The Labute approximate surface area is 101 Å². The second kappa shape index (κ2) is 5.13. The van der Waals surface area contributed by atoms with Crippen molar-refractivity contribution in [3.05, 3.63) is 37.1 Å². The molecule has 1 heterocycles. The molecule has 0 aliphatic rings. The first-order valence-electron chi connectivity index (χ1n) is 4.89. The normalized spacial score (nSPS) is 12.4. The van der Waals surface area contributed by atoms with Crippen LogP contribution in [-0.4, -0.2) is 19.9 Å². The number of rotatable bonds is 4. The largest absolute Gasteiger partial charge is 0.350 e. The molecule has 17 heavy (non-hydrogen) atoms. The fourth-order valence-electron chi connectivity index (χ4n) is 1.36. The molecule has 1 atom stereocenters. The van der Waals surface area contributed by atoms with E-state index in [4.69, 9.17) is 11.6 Å². The van der Waals surface area contributed by atoms with E-state index >= 15 is 0 Å². The number of nitrogens with zero attached hydrogens (tertiary/aromatic N) is 3. The van der Waals surface area contributed by atoms with Gasteiger partial charge in [-0.25, -0.2) is 4.79 Å². The lowest BCUT2D eigenvalue weighted by molar-refractivity contribution is -0.387. The standard InChI is InChI=1S/C9H12ClN3O4/c1-6(3-10)4-12-8(14)7(13(16)17)5-11(2)9(12)15/h5-6H,3-4H2,1-2H3. The third-order valence-electron chi connectivity index (χ3n) is 2.27. The molecule has 0 N–H and O–H groups in total. The van der Waals surface area contributed by atoms with Gasteiger partial charge in [0.2, 0.25) is 0 Å². The summed E-state index contributed by atoms with van der Waals surface area (Å²) in [6.45, 7) is 1.81. The lowest BCUT2D eigenvalue weighted by Crippen LogP contribution is -2.40. The van der Waals surface area contributed by atoms with E-state index in [0.717, 1.165) is 15.3 Å². The maximum atomic E-state index is 11.7. The van der Waals surface area contributed by atoms with E-state index in [0.29, 0.717) is 0 Å². The smallest absolute Gasteiger partial charge is 0.297 e. The van der Waals surface area contributed by atoms with Gasteiger partial charge in [-0.05, 0) is 5.92 Å². The van der Waals surface area contributed by atoms with Crippen LogP contribution in [0.2, 0.25) is 0 Å². The van der Waals surface area contributed by atoms with Gasteiger partial charge in [0, 0.05) is 19.5 Å². The molecular formula is C9H12ClN3O4. The molecule has 0 spiro atoms. The van der Waals surface area contributed by atoms with E-state index in [1.807, 2.05) is 0 Å². The zero-order valence-electron chi connectivity index (χ0n) is 9.42. The van der Waals surface area contributed by atoms with Crippen LogP contribution < -0.4 is 11.2 Å². The summed E-state index contributed by atoms with van der Waals surface area (Å²) in [5.41, 5.74) is -2.10. The minimum atomic E-state index is -0.893. The van der Waals surface area contributed by atoms with Crippen LogP contribution in [0.3, 0.4) is 0 Å². The van der Waals surface area contributed by atoms with Crippen molar-refractivity contribution >= 4 is 17.3 Å². The van der Waals surface area contributed by atoms with Gasteiger partial charge in [-0.1, -0.05) is 6.92 Å². The lowest BCUT2D eigenvalue weighted by Gasteiger charge is -2.10. The quantitative estimate of drug-likeness (QED) is 0.444. The van der Waals surface area contributed by atoms with Gasteiger partial charge in [-0.2, -0.15) is 0 Å². The Morgan fingerprint density at radius 2 is 2.12 bits per heavy atom. The molecule has 7 nitrogen and oxygen atoms in total. The van der Waals surface area contributed by atoms with Gasteiger partial charge in [0.1, 0.15) is 0 Å². The minimum Gasteiger partial charge on any atom is -0.297 e. The lowest BCUT2D eigenvalue weighted by atomic mass is 10.2. The molecule has 1 rings (SSSR count). The van der Waals surface area contributed by atoms with Crippen LogP contribution in [0.15, 0.2) is 15.8 Å². The molecule has 0 aromatic carbocycles. The summed E-state index contributed by atoms with van der Waals surface area (Å²) in [6, 6.07) is 0. The Kier molecular flexibility index (Phi) is 4.06. The number of aryl methyl sites for hydroxylation is 1. The Morgan fingerprint density at radius 3 is 2.59 bits per heavy atom. The number of nitro groups is 1. The molecule has 8 heteroatoms. The fourth-order valence-corrected chi connectivity index (χ4v) is 1.45. The van der Waals surface area contributed by atoms with Crippen molar-refractivity contribution in [1.82, 2.24) is 9.13 Å². The highest BCUT2D eigenvalue weighted by atomic mass is 35.5. The summed E-state index contributed by atoms with van der Waals surface area (Å²) in [5, 5.41) is 10.6. The van der Waals surface area contributed by atoms with Crippen molar-refractivity contribution in [2.24, 2.45) is 13.0 Å². The predicted molar refractivity (Wildman–Crippen MR) is 62.5 cm³/mol. The molecule has 1 unspecified atom stereocenters. The second-order valence-corrected chi connectivity index (χ2v) is 4.15. The SMILES string of the molecule is CC(CCl)Cn1c(=O)c([N+](=O)[O-])cn(C)c1=O. The van der Waals surface area contributed by atoms with E-state index in [1.165, 1.54) is 7.05 Å². The maximum absolute atomic E-state index is 11.7. The summed E-state index contributed by atoms with van der Waals surface area (Å²) in [5.74, 6) is 0.141. The van der Waals surface area contributed by atoms with Crippen molar-refractivity contribution in [2.75, 3.05) is 5.88 Å². The first-order chi connectivity index (χ1) is 7.88. The average Bonchev–Trinajstić information content (AvgIpc) is 2.28. The molecule has 0 radical (unpaired) electrons. The zero-order valence-corrected chi connectivity index (χ0v) is 10.2. The van der Waals surface area contributed by atoms with E-state index in [2.05, 4.69) is 0 Å². The number of aromatic nitrogens is 2. The van der Waals surface area contributed by atoms with Gasteiger partial charge in [0.05, 0.1) is 11.1 Å². The molecule has 0 saturated carbocycles. The number of alkyl halides is 1. The van der Waals surface area contributed by atoms with Crippen LogP contribution in [0.1, 0.15) is 6.92 Å². The molecule has 0 aliphatic carbocycles. The highest BCUT2D eigenvalue weighted by Crippen LogP contribution is 2.03. The van der Waals surface area contributed by atoms with E-state index in [1.54, 1.807) is 6.92 Å². The number of hydrogen-bond acceptors (Lipinski definition) is 4. The number of hydrogen-bond donors (Lipinski definition) is 0. The van der Waals surface area contributed by atoms with Crippen molar-refractivity contribution in [3.63, 3.8) is 0 Å². The van der Waals surface area contributed by atoms with E-state index < -0.39 is 21.9 Å². The van der Waals surface area contributed by atoms with Gasteiger partial charge in [-0.3, -0.25) is 24.0 Å². The molecule has 1 aromatic heterocycles. The van der Waals surface area contributed by atoms with Crippen molar-refractivity contribution in [3.8, 4) is 0 Å². The monoisotopic (exact) mass is 261 g/mol. The maximum Gasteiger partial charge on any atom is 0.350 e. The van der Waals surface area contributed by atoms with Crippen LogP contribution >= 0.6 is 11.6 Å². The van der Waals surface area contributed by atoms with Crippen LogP contribution in [0.5, 0.6) is 0 Å². The summed E-state index contributed by atoms with van der Waals surface area (Å²) < 4.78 is 1.85. The molecule has 1 aromatic rings. The topological polar surface area (TPSA) is 87.1 Å². The van der Waals surface area contributed by atoms with E-state index in [-0.39, 0.29) is 18.3 Å². The number of halogens is 1. The molecule has 94 valence electrons. The fraction of sp³-hybridized carbons (Fsp3) is 0.556. The Morgan fingerprint density at radius 1 is 1.53 bits per heavy atom. The zero-order chi connectivity index (χ0) is 13.2. The van der Waals surface area contributed by atoms with Crippen LogP contribution in [-0.2, 0) is 13.6 Å². The summed E-state index contributed by atoms with van der Waals surface area (Å²) in [4.78, 5) is 33.2. The molecule has 0 aliphatic heterocycles. The molecule has 0 saturated heterocycles. The van der Waals surface area contributed by atoms with Gasteiger partial charge >= 0.3 is 16.9 Å². The first-order valence-corrected chi connectivity index (χ1v) is 5.42. The highest BCUT2D eigenvalue weighted by molar-refractivity contribution is 6.18. The Hall–Kier alpha value is -1.63. The Bertz CT molecular complexity index is 548. The Balaban J connectivity index is 3.43. The van der Waals surface area contributed by atoms with Crippen LogP contribution in [0.4, 0.5) is 5.69 Å². The summed E-state index contributed by atoms with van der Waals surface area (Å²) >= 11 is 5.59. The predicted octanol–water partition coefficient (Wildman–Crippen LogP) is 0.330. The van der Waals surface area contributed by atoms with Crippen LogP contribution in [0.25, 0.3) is 0 Å².